The molecule has 0 heterocycles. The normalized spacial score (nSPS) is 13.8. The van der Waals surface area contributed by atoms with Crippen LogP contribution in [0.3, 0.4) is 0 Å². The molecule has 2 nitrogen and oxygen atoms in total. The number of hydrogen-bond acceptors (Lipinski definition) is 2. The van der Waals surface area contributed by atoms with Gasteiger partial charge in [0.2, 0.25) is 0 Å². The van der Waals surface area contributed by atoms with Gasteiger partial charge in [0, 0.05) is 24.6 Å². The van der Waals surface area contributed by atoms with Gasteiger partial charge in [-0.15, -0.1) is 0 Å². The number of aliphatic hydroxyl groups excluding tert-OH is 1. The molecule has 1 aromatic carbocycles. The zero-order chi connectivity index (χ0) is 14.5. The van der Waals surface area contributed by atoms with Crippen LogP contribution in [0.15, 0.2) is 24.3 Å². The fraction of sp³-hybridized carbons (Fsp3) is 0.647. The van der Waals surface area contributed by atoms with Crippen molar-refractivity contribution in [2.24, 2.45) is 11.3 Å². The van der Waals surface area contributed by atoms with Crippen LogP contribution in [0.1, 0.15) is 51.8 Å². The topological polar surface area (TPSA) is 32.3 Å². The van der Waals surface area contributed by atoms with Crippen LogP contribution in [-0.2, 0) is 6.42 Å². The zero-order valence-corrected chi connectivity index (χ0v) is 13.0. The molecule has 0 aliphatic rings. The maximum absolute atomic E-state index is 9.34. The third kappa shape index (κ3) is 4.96. The van der Waals surface area contributed by atoms with E-state index in [4.69, 9.17) is 0 Å². The molecule has 0 saturated carbocycles. The lowest BCUT2D eigenvalue weighted by Gasteiger charge is -2.29. The van der Waals surface area contributed by atoms with Gasteiger partial charge in [-0.3, -0.25) is 0 Å². The molecular formula is C17H29NO. The van der Waals surface area contributed by atoms with Gasteiger partial charge < -0.3 is 10.4 Å². The highest BCUT2D eigenvalue weighted by Crippen LogP contribution is 2.24. The third-order valence-electron chi connectivity index (χ3n) is 3.64. The molecule has 0 amide bonds. The summed E-state index contributed by atoms with van der Waals surface area (Å²) in [5.74, 6) is 0.530. The molecule has 2 N–H and O–H groups in total. The van der Waals surface area contributed by atoms with Crippen LogP contribution in [0.2, 0.25) is 0 Å². The minimum atomic E-state index is -0.0729. The Balaban J connectivity index is 2.76. The number of aryl methyl sites for hydroxylation is 1. The monoisotopic (exact) mass is 263 g/mol. The molecule has 1 aromatic rings. The van der Waals surface area contributed by atoms with E-state index in [0.29, 0.717) is 12.0 Å². The first kappa shape index (κ1) is 16.2. The molecule has 19 heavy (non-hydrogen) atoms. The van der Waals surface area contributed by atoms with Crippen molar-refractivity contribution in [1.82, 2.24) is 5.32 Å². The largest absolute Gasteiger partial charge is 0.396 e. The van der Waals surface area contributed by atoms with Gasteiger partial charge in [0.15, 0.2) is 0 Å². The van der Waals surface area contributed by atoms with Crippen molar-refractivity contribution in [3.05, 3.63) is 35.4 Å². The van der Waals surface area contributed by atoms with Crippen LogP contribution in [0.5, 0.6) is 0 Å². The molecule has 0 spiro atoms. The lowest BCUT2D eigenvalue weighted by Crippen LogP contribution is -2.36. The molecule has 0 saturated heterocycles. The maximum Gasteiger partial charge on any atom is 0.0494 e. The number of hydrogen-bond donors (Lipinski definition) is 2. The summed E-state index contributed by atoms with van der Waals surface area (Å²) in [5, 5.41) is 12.9. The van der Waals surface area contributed by atoms with Gasteiger partial charge in [-0.2, -0.15) is 0 Å². The zero-order valence-electron chi connectivity index (χ0n) is 13.0. The van der Waals surface area contributed by atoms with E-state index in [-0.39, 0.29) is 12.0 Å². The highest BCUT2D eigenvalue weighted by molar-refractivity contribution is 5.25. The number of nitrogens with one attached hydrogen (secondary N) is 1. The van der Waals surface area contributed by atoms with Crippen LogP contribution in [0, 0.1) is 11.3 Å². The Labute approximate surface area is 118 Å². The Morgan fingerprint density at radius 3 is 2.16 bits per heavy atom. The smallest absolute Gasteiger partial charge is 0.0494 e. The Hall–Kier alpha value is -0.860. The SMILES string of the molecule is CCc1ccc(C(NCC(C)(C)CO)C(C)C)cc1. The van der Waals surface area contributed by atoms with Crippen molar-refractivity contribution >= 4 is 0 Å². The number of benzene rings is 1. The predicted octanol–water partition coefficient (Wildman–Crippen LogP) is 3.55. The van der Waals surface area contributed by atoms with E-state index in [1.807, 2.05) is 0 Å². The van der Waals surface area contributed by atoms with Crippen molar-refractivity contribution < 1.29 is 5.11 Å². The molecule has 2 heteroatoms. The summed E-state index contributed by atoms with van der Waals surface area (Å²) in [6.45, 7) is 11.8. The predicted molar refractivity (Wildman–Crippen MR) is 82.3 cm³/mol. The Bertz CT molecular complexity index is 367. The molecule has 1 rings (SSSR count). The molecule has 1 atom stereocenters. The molecule has 0 radical (unpaired) electrons. The average molecular weight is 263 g/mol. The minimum Gasteiger partial charge on any atom is -0.396 e. The van der Waals surface area contributed by atoms with Crippen LogP contribution >= 0.6 is 0 Å². The fourth-order valence-electron chi connectivity index (χ4n) is 2.14. The van der Waals surface area contributed by atoms with Gasteiger partial charge in [0.1, 0.15) is 0 Å². The molecule has 108 valence electrons. The molecule has 0 aliphatic heterocycles. The van der Waals surface area contributed by atoms with Crippen LogP contribution in [0.4, 0.5) is 0 Å². The summed E-state index contributed by atoms with van der Waals surface area (Å²) in [6, 6.07) is 9.22. The molecule has 0 bridgehead atoms. The van der Waals surface area contributed by atoms with E-state index in [0.717, 1.165) is 13.0 Å². The molecule has 0 aromatic heterocycles. The Morgan fingerprint density at radius 2 is 1.74 bits per heavy atom. The van der Waals surface area contributed by atoms with Crippen LogP contribution in [-0.4, -0.2) is 18.3 Å². The summed E-state index contributed by atoms with van der Waals surface area (Å²) in [7, 11) is 0. The quantitative estimate of drug-likeness (QED) is 0.788. The first-order valence-corrected chi connectivity index (χ1v) is 7.32. The van der Waals surface area contributed by atoms with Crippen LogP contribution < -0.4 is 5.32 Å². The summed E-state index contributed by atoms with van der Waals surface area (Å²) < 4.78 is 0. The third-order valence-corrected chi connectivity index (χ3v) is 3.64. The summed E-state index contributed by atoms with van der Waals surface area (Å²) in [6.07, 6.45) is 1.08. The number of aliphatic hydroxyl groups is 1. The minimum absolute atomic E-state index is 0.0729. The first-order chi connectivity index (χ1) is 8.89. The van der Waals surface area contributed by atoms with Gasteiger partial charge in [-0.25, -0.2) is 0 Å². The Kier molecular flexibility index (Phi) is 6.02. The first-order valence-electron chi connectivity index (χ1n) is 7.32. The van der Waals surface area contributed by atoms with E-state index in [1.165, 1.54) is 11.1 Å². The van der Waals surface area contributed by atoms with Crippen molar-refractivity contribution in [1.29, 1.82) is 0 Å². The van der Waals surface area contributed by atoms with E-state index in [1.54, 1.807) is 0 Å². The second-order valence-corrected chi connectivity index (χ2v) is 6.52. The summed E-state index contributed by atoms with van der Waals surface area (Å²) in [5.41, 5.74) is 2.64. The lowest BCUT2D eigenvalue weighted by molar-refractivity contribution is 0.150. The number of rotatable bonds is 7. The Morgan fingerprint density at radius 1 is 1.16 bits per heavy atom. The fourth-order valence-corrected chi connectivity index (χ4v) is 2.14. The van der Waals surface area contributed by atoms with Gasteiger partial charge in [-0.1, -0.05) is 58.9 Å². The highest BCUT2D eigenvalue weighted by Gasteiger charge is 2.21. The van der Waals surface area contributed by atoms with Crippen LogP contribution in [0.25, 0.3) is 0 Å². The van der Waals surface area contributed by atoms with Crippen molar-refractivity contribution in [3.63, 3.8) is 0 Å². The van der Waals surface area contributed by atoms with Crippen molar-refractivity contribution in [3.8, 4) is 0 Å². The van der Waals surface area contributed by atoms with Gasteiger partial charge in [0.25, 0.3) is 0 Å². The molecule has 0 aliphatic carbocycles. The van der Waals surface area contributed by atoms with E-state index >= 15 is 0 Å². The molecular weight excluding hydrogens is 234 g/mol. The second-order valence-electron chi connectivity index (χ2n) is 6.52. The summed E-state index contributed by atoms with van der Waals surface area (Å²) in [4.78, 5) is 0. The van der Waals surface area contributed by atoms with E-state index < -0.39 is 0 Å². The highest BCUT2D eigenvalue weighted by atomic mass is 16.3. The maximum atomic E-state index is 9.34. The summed E-state index contributed by atoms with van der Waals surface area (Å²) >= 11 is 0. The molecule has 0 fully saturated rings. The molecule has 1 unspecified atom stereocenters. The van der Waals surface area contributed by atoms with Gasteiger partial charge in [0.05, 0.1) is 0 Å². The van der Waals surface area contributed by atoms with Crippen molar-refractivity contribution in [2.75, 3.05) is 13.2 Å². The van der Waals surface area contributed by atoms with Gasteiger partial charge >= 0.3 is 0 Å². The van der Waals surface area contributed by atoms with Crippen molar-refractivity contribution in [2.45, 2.75) is 47.1 Å². The van der Waals surface area contributed by atoms with E-state index in [9.17, 15) is 5.11 Å². The second kappa shape index (κ2) is 7.06. The lowest BCUT2D eigenvalue weighted by atomic mass is 9.91. The average Bonchev–Trinajstić information content (AvgIpc) is 2.39. The standard InChI is InChI=1S/C17H29NO/c1-6-14-7-9-15(10-8-14)16(13(2)3)18-11-17(4,5)12-19/h7-10,13,16,18-19H,6,11-12H2,1-5H3. The van der Waals surface area contributed by atoms with Gasteiger partial charge in [-0.05, 0) is 23.5 Å². The van der Waals surface area contributed by atoms with E-state index in [2.05, 4.69) is 64.2 Å².